The first-order valence-corrected chi connectivity index (χ1v) is 11.0. The number of hydrogen-bond donors (Lipinski definition) is 0. The number of nitrogens with zero attached hydrogens (tertiary/aromatic N) is 4. The lowest BCUT2D eigenvalue weighted by Gasteiger charge is -2.37. The number of ether oxygens (including phenoxy) is 2. The van der Waals surface area contributed by atoms with Gasteiger partial charge in [0, 0.05) is 51.0 Å². The number of rotatable bonds is 7. The van der Waals surface area contributed by atoms with Crippen LogP contribution >= 0.6 is 0 Å². The normalized spacial score (nSPS) is 17.2. The van der Waals surface area contributed by atoms with E-state index in [0.29, 0.717) is 12.2 Å². The lowest BCUT2D eigenvalue weighted by molar-refractivity contribution is -0.147. The number of pyridine rings is 1. The highest BCUT2D eigenvalue weighted by atomic mass is 16.5. The molecule has 9 heteroatoms. The Hall–Kier alpha value is -3.46. The predicted octanol–water partition coefficient (Wildman–Crippen LogP) is 1.75. The number of aromatic nitrogens is 1. The van der Waals surface area contributed by atoms with Gasteiger partial charge in [-0.05, 0) is 25.1 Å². The molecule has 1 saturated heterocycles. The molecule has 0 N–H and O–H groups in total. The average Bonchev–Trinajstić information content (AvgIpc) is 3.03. The van der Waals surface area contributed by atoms with Gasteiger partial charge in [-0.15, -0.1) is 0 Å². The van der Waals surface area contributed by atoms with Gasteiger partial charge in [0.1, 0.15) is 11.7 Å². The van der Waals surface area contributed by atoms with Gasteiger partial charge in [0.25, 0.3) is 11.8 Å². The van der Waals surface area contributed by atoms with Crippen LogP contribution in [-0.2, 0) is 9.53 Å². The number of fused-ring (bicyclic) bond motifs is 1. The molecule has 1 atom stereocenters. The van der Waals surface area contributed by atoms with Crippen molar-refractivity contribution in [3.8, 4) is 5.88 Å². The van der Waals surface area contributed by atoms with Crippen molar-refractivity contribution < 1.29 is 23.9 Å². The van der Waals surface area contributed by atoms with Gasteiger partial charge in [-0.25, -0.2) is 4.98 Å². The molecule has 0 bridgehead atoms. The molecule has 0 spiro atoms. The van der Waals surface area contributed by atoms with Gasteiger partial charge in [-0.1, -0.05) is 18.2 Å². The number of carbonyl (C=O) groups excluding carboxylic acids is 3. The number of methoxy groups -OCH3 is 1. The molecule has 1 aromatic carbocycles. The molecule has 2 aliphatic heterocycles. The van der Waals surface area contributed by atoms with Crippen LogP contribution in [0.3, 0.4) is 0 Å². The molecule has 3 heterocycles. The van der Waals surface area contributed by atoms with Crippen LogP contribution in [0.5, 0.6) is 5.88 Å². The molecule has 0 radical (unpaired) electrons. The molecule has 1 unspecified atom stereocenters. The minimum Gasteiger partial charge on any atom is -0.480 e. The molecule has 2 aromatic rings. The largest absolute Gasteiger partial charge is 0.480 e. The first-order chi connectivity index (χ1) is 15.9. The summed E-state index contributed by atoms with van der Waals surface area (Å²) >= 11 is 0. The fourth-order valence-electron chi connectivity index (χ4n) is 4.39. The summed E-state index contributed by atoms with van der Waals surface area (Å²) in [5.41, 5.74) is 2.19. The first-order valence-electron chi connectivity index (χ1n) is 11.0. The van der Waals surface area contributed by atoms with E-state index in [1.165, 1.54) is 19.7 Å². The Balaban J connectivity index is 1.44. The molecule has 0 saturated carbocycles. The molecule has 1 aromatic heterocycles. The number of hydrogen-bond acceptors (Lipinski definition) is 8. The number of carbonyl (C=O) groups is 3. The number of piperazine rings is 1. The smallest absolute Gasteiger partial charge is 0.303 e. The van der Waals surface area contributed by atoms with Crippen molar-refractivity contribution in [1.29, 1.82) is 0 Å². The highest BCUT2D eigenvalue weighted by Gasteiger charge is 2.41. The summed E-state index contributed by atoms with van der Waals surface area (Å²) in [5, 5.41) is 0. The second-order valence-electron chi connectivity index (χ2n) is 8.27. The van der Waals surface area contributed by atoms with Crippen molar-refractivity contribution in [1.82, 2.24) is 14.8 Å². The topological polar surface area (TPSA) is 92.3 Å². The van der Waals surface area contributed by atoms with Gasteiger partial charge < -0.3 is 14.4 Å². The minimum atomic E-state index is -0.631. The van der Waals surface area contributed by atoms with E-state index in [0.717, 1.165) is 31.1 Å². The highest BCUT2D eigenvalue weighted by molar-refractivity contribution is 6.22. The van der Waals surface area contributed by atoms with Crippen LogP contribution in [0.25, 0.3) is 0 Å². The summed E-state index contributed by atoms with van der Waals surface area (Å²) in [6, 6.07) is 11.8. The second-order valence-corrected chi connectivity index (χ2v) is 8.27. The zero-order chi connectivity index (χ0) is 23.5. The van der Waals surface area contributed by atoms with E-state index in [1.54, 1.807) is 13.0 Å². The van der Waals surface area contributed by atoms with Gasteiger partial charge in [0.05, 0.1) is 19.2 Å². The number of aryl methyl sites for hydroxylation is 1. The molecule has 4 rings (SSSR count). The average molecular weight is 453 g/mol. The van der Waals surface area contributed by atoms with Crippen LogP contribution in [0, 0.1) is 6.92 Å². The summed E-state index contributed by atoms with van der Waals surface area (Å²) < 4.78 is 10.7. The Morgan fingerprint density at radius 3 is 2.39 bits per heavy atom. The van der Waals surface area contributed by atoms with E-state index in [1.807, 2.05) is 18.2 Å². The number of imide groups is 1. The van der Waals surface area contributed by atoms with Crippen molar-refractivity contribution in [2.24, 2.45) is 0 Å². The van der Waals surface area contributed by atoms with E-state index in [9.17, 15) is 14.4 Å². The monoisotopic (exact) mass is 452 g/mol. The Kier molecular flexibility index (Phi) is 6.60. The first kappa shape index (κ1) is 22.7. The van der Waals surface area contributed by atoms with Crippen LogP contribution in [0.15, 0.2) is 36.4 Å². The summed E-state index contributed by atoms with van der Waals surface area (Å²) in [6.07, 6.45) is -0.631. The second kappa shape index (κ2) is 9.58. The quantitative estimate of drug-likeness (QED) is 0.464. The standard InChI is InChI=1S/C24H28N4O5/c1-16-13-20-21(22(25-16)32-3)24(31)28(23(20)30)15-19(33-17(2)29)14-26-9-11-27(12-10-26)18-7-5-4-6-8-18/h4-8,13,19H,9-12,14-15H2,1-3H3. The maximum absolute atomic E-state index is 13.0. The van der Waals surface area contributed by atoms with Crippen molar-refractivity contribution in [2.45, 2.75) is 20.0 Å². The summed E-state index contributed by atoms with van der Waals surface area (Å²) in [4.78, 5) is 47.6. The Morgan fingerprint density at radius 2 is 1.76 bits per heavy atom. The van der Waals surface area contributed by atoms with Crippen LogP contribution in [0.2, 0.25) is 0 Å². The molecule has 33 heavy (non-hydrogen) atoms. The van der Waals surface area contributed by atoms with Crippen molar-refractivity contribution in [3.05, 3.63) is 53.2 Å². The van der Waals surface area contributed by atoms with Crippen molar-refractivity contribution >= 4 is 23.5 Å². The molecular weight excluding hydrogens is 424 g/mol. The molecule has 2 aliphatic rings. The van der Waals surface area contributed by atoms with E-state index in [4.69, 9.17) is 9.47 Å². The zero-order valence-electron chi connectivity index (χ0n) is 19.1. The Labute approximate surface area is 192 Å². The van der Waals surface area contributed by atoms with Crippen LogP contribution in [-0.4, -0.2) is 85.0 Å². The molecule has 0 aliphatic carbocycles. The molecule has 1 fully saturated rings. The third kappa shape index (κ3) is 4.83. The van der Waals surface area contributed by atoms with E-state index in [-0.39, 0.29) is 23.6 Å². The van der Waals surface area contributed by atoms with Crippen molar-refractivity contribution in [2.75, 3.05) is 51.3 Å². The maximum atomic E-state index is 13.0. The van der Waals surface area contributed by atoms with Crippen LogP contribution < -0.4 is 9.64 Å². The summed E-state index contributed by atoms with van der Waals surface area (Å²) in [7, 11) is 1.42. The van der Waals surface area contributed by atoms with Crippen LogP contribution in [0.1, 0.15) is 33.3 Å². The minimum absolute atomic E-state index is 0.0208. The lowest BCUT2D eigenvalue weighted by Crippen LogP contribution is -2.51. The molecule has 2 amide bonds. The van der Waals surface area contributed by atoms with Gasteiger partial charge in [0.2, 0.25) is 5.88 Å². The summed E-state index contributed by atoms with van der Waals surface area (Å²) in [6.45, 7) is 6.73. The maximum Gasteiger partial charge on any atom is 0.303 e. The molecule has 174 valence electrons. The Morgan fingerprint density at radius 1 is 1.06 bits per heavy atom. The van der Waals surface area contributed by atoms with Crippen molar-refractivity contribution in [3.63, 3.8) is 0 Å². The van der Waals surface area contributed by atoms with E-state index < -0.39 is 23.9 Å². The number of para-hydroxylation sites is 1. The molecular formula is C24H28N4O5. The number of amides is 2. The van der Waals surface area contributed by atoms with Gasteiger partial charge in [0.15, 0.2) is 0 Å². The SMILES string of the molecule is COc1nc(C)cc2c1C(=O)N(CC(CN1CCN(c3ccccc3)CC1)OC(C)=O)C2=O. The predicted molar refractivity (Wildman–Crippen MR) is 122 cm³/mol. The highest BCUT2D eigenvalue weighted by Crippen LogP contribution is 2.30. The number of benzene rings is 1. The molecule has 9 nitrogen and oxygen atoms in total. The van der Waals surface area contributed by atoms with E-state index >= 15 is 0 Å². The van der Waals surface area contributed by atoms with E-state index in [2.05, 4.69) is 26.9 Å². The van der Waals surface area contributed by atoms with Gasteiger partial charge in [-0.2, -0.15) is 0 Å². The zero-order valence-corrected chi connectivity index (χ0v) is 19.1. The third-order valence-corrected chi connectivity index (χ3v) is 5.92. The van der Waals surface area contributed by atoms with Gasteiger partial charge in [-0.3, -0.25) is 24.2 Å². The van der Waals surface area contributed by atoms with Crippen LogP contribution in [0.4, 0.5) is 5.69 Å². The summed E-state index contributed by atoms with van der Waals surface area (Å²) in [5.74, 6) is -1.23. The lowest BCUT2D eigenvalue weighted by atomic mass is 10.1. The number of esters is 1. The third-order valence-electron chi connectivity index (χ3n) is 5.92. The van der Waals surface area contributed by atoms with Gasteiger partial charge >= 0.3 is 5.97 Å². The fraction of sp³-hybridized carbons (Fsp3) is 0.417. The fourth-order valence-corrected chi connectivity index (χ4v) is 4.39. The number of anilines is 1. The Bertz CT molecular complexity index is 1050.